The first kappa shape index (κ1) is 16.9. The Morgan fingerprint density at radius 2 is 2.00 bits per heavy atom. The summed E-state index contributed by atoms with van der Waals surface area (Å²) in [6.07, 6.45) is -0.495. The van der Waals surface area contributed by atoms with Gasteiger partial charge in [-0.15, -0.1) is 0 Å². The van der Waals surface area contributed by atoms with E-state index in [9.17, 15) is 20.1 Å². The molecule has 2 bridgehead atoms. The van der Waals surface area contributed by atoms with E-state index in [1.54, 1.807) is 6.08 Å². The number of fused-ring (bicyclic) bond motifs is 4. The fourth-order valence-corrected chi connectivity index (χ4v) is 8.07. The SMILES string of the molecule is CC1=CC(O)C(O)C2(C)C1CC1OC(=O)CC3C4(C)OC4C4(O)OCC13C42. The van der Waals surface area contributed by atoms with Crippen LogP contribution in [0.5, 0.6) is 0 Å². The Morgan fingerprint density at radius 3 is 2.74 bits per heavy atom. The average Bonchev–Trinajstić information content (AvgIpc) is 3.22. The molecule has 0 aromatic heterocycles. The van der Waals surface area contributed by atoms with Crippen molar-refractivity contribution in [1.82, 2.24) is 0 Å². The molecule has 27 heavy (non-hydrogen) atoms. The van der Waals surface area contributed by atoms with Crippen LogP contribution in [0.15, 0.2) is 11.6 Å². The second-order valence-corrected chi connectivity index (χ2v) is 10.0. The summed E-state index contributed by atoms with van der Waals surface area (Å²) in [4.78, 5) is 12.4. The zero-order valence-corrected chi connectivity index (χ0v) is 15.7. The van der Waals surface area contributed by atoms with Crippen LogP contribution in [-0.2, 0) is 19.0 Å². The van der Waals surface area contributed by atoms with Crippen molar-refractivity contribution in [3.05, 3.63) is 11.6 Å². The molecule has 11 atom stereocenters. The summed E-state index contributed by atoms with van der Waals surface area (Å²) >= 11 is 0. The molecule has 3 saturated heterocycles. The van der Waals surface area contributed by atoms with E-state index in [0.29, 0.717) is 6.42 Å². The molecule has 7 nitrogen and oxygen atoms in total. The Kier molecular flexibility index (Phi) is 2.78. The summed E-state index contributed by atoms with van der Waals surface area (Å²) in [6, 6.07) is 0. The van der Waals surface area contributed by atoms with Crippen LogP contribution in [0.25, 0.3) is 0 Å². The molecule has 1 spiro atoms. The highest BCUT2D eigenvalue weighted by Crippen LogP contribution is 2.78. The van der Waals surface area contributed by atoms with Gasteiger partial charge in [0.05, 0.1) is 25.2 Å². The van der Waals surface area contributed by atoms with Crippen LogP contribution in [0.3, 0.4) is 0 Å². The van der Waals surface area contributed by atoms with Gasteiger partial charge in [-0.2, -0.15) is 0 Å². The van der Waals surface area contributed by atoms with E-state index in [2.05, 4.69) is 0 Å². The van der Waals surface area contributed by atoms with Crippen molar-refractivity contribution in [2.75, 3.05) is 6.61 Å². The summed E-state index contributed by atoms with van der Waals surface area (Å²) in [6.45, 7) is 6.11. The molecule has 5 fully saturated rings. The van der Waals surface area contributed by atoms with Crippen molar-refractivity contribution in [1.29, 1.82) is 0 Å². The zero-order chi connectivity index (χ0) is 19.1. The number of aliphatic hydroxyl groups excluding tert-OH is 2. The molecule has 2 saturated carbocycles. The second kappa shape index (κ2) is 4.44. The Bertz CT molecular complexity index is 795. The zero-order valence-electron chi connectivity index (χ0n) is 15.7. The molecule has 3 aliphatic carbocycles. The average molecular weight is 378 g/mol. The van der Waals surface area contributed by atoms with Crippen LogP contribution >= 0.6 is 0 Å². The molecule has 0 amide bonds. The van der Waals surface area contributed by atoms with Gasteiger partial charge in [0.1, 0.15) is 17.8 Å². The molecule has 11 unspecified atom stereocenters. The summed E-state index contributed by atoms with van der Waals surface area (Å²) in [5, 5.41) is 33.4. The third-order valence-corrected chi connectivity index (χ3v) is 9.07. The number of epoxide rings is 1. The molecule has 0 radical (unpaired) electrons. The van der Waals surface area contributed by atoms with Crippen LogP contribution in [0, 0.1) is 28.6 Å². The molecule has 0 aromatic rings. The van der Waals surface area contributed by atoms with Gasteiger partial charge in [0.15, 0.2) is 5.79 Å². The summed E-state index contributed by atoms with van der Waals surface area (Å²) in [7, 11) is 0. The number of aliphatic hydroxyl groups is 3. The monoisotopic (exact) mass is 378 g/mol. The number of carbonyl (C=O) groups excluding carboxylic acids is 1. The van der Waals surface area contributed by atoms with Crippen LogP contribution in [0.1, 0.15) is 33.6 Å². The van der Waals surface area contributed by atoms with Crippen molar-refractivity contribution >= 4 is 5.97 Å². The van der Waals surface area contributed by atoms with Crippen LogP contribution in [-0.4, -0.2) is 63.7 Å². The number of rotatable bonds is 0. The van der Waals surface area contributed by atoms with Crippen LogP contribution in [0.2, 0.25) is 0 Å². The summed E-state index contributed by atoms with van der Waals surface area (Å²) in [5.41, 5.74) is -1.09. The van der Waals surface area contributed by atoms with E-state index in [1.165, 1.54) is 0 Å². The largest absolute Gasteiger partial charge is 0.462 e. The fraction of sp³-hybridized carbons (Fsp3) is 0.850. The van der Waals surface area contributed by atoms with E-state index >= 15 is 0 Å². The lowest BCUT2D eigenvalue weighted by atomic mass is 9.38. The van der Waals surface area contributed by atoms with Gasteiger partial charge in [0, 0.05) is 22.7 Å². The molecule has 3 aliphatic heterocycles. The molecular formula is C20H26O7. The molecular weight excluding hydrogens is 352 g/mol. The van der Waals surface area contributed by atoms with Gasteiger partial charge in [0.25, 0.3) is 0 Å². The number of esters is 1. The number of ether oxygens (including phenoxy) is 3. The van der Waals surface area contributed by atoms with Gasteiger partial charge < -0.3 is 29.5 Å². The maximum absolute atomic E-state index is 12.4. The molecule has 7 heteroatoms. The Balaban J connectivity index is 1.62. The maximum atomic E-state index is 12.4. The molecule has 3 N–H and O–H groups in total. The number of hydrogen-bond acceptors (Lipinski definition) is 7. The van der Waals surface area contributed by atoms with Gasteiger partial charge in [0.2, 0.25) is 0 Å². The lowest BCUT2D eigenvalue weighted by Gasteiger charge is -2.66. The van der Waals surface area contributed by atoms with E-state index in [-0.39, 0.29) is 30.8 Å². The Morgan fingerprint density at radius 1 is 1.26 bits per heavy atom. The standard InChI is InChI=1S/C20H26O7/c1-8-4-10(21)14(23)17(2)9(8)5-12-19-7-25-20(24,15(17)19)16-18(3,27-16)11(19)6-13(22)26-12/h4,9-12,14-16,21,23-24H,5-7H2,1-3H3. The molecule has 6 aliphatic rings. The van der Waals surface area contributed by atoms with Crippen molar-refractivity contribution in [2.24, 2.45) is 28.6 Å². The lowest BCUT2D eigenvalue weighted by molar-refractivity contribution is -0.292. The molecule has 6 rings (SSSR count). The van der Waals surface area contributed by atoms with Gasteiger partial charge in [-0.1, -0.05) is 18.6 Å². The lowest BCUT2D eigenvalue weighted by Crippen LogP contribution is -2.74. The normalized spacial score (nSPS) is 65.5. The van der Waals surface area contributed by atoms with Gasteiger partial charge in [-0.25, -0.2) is 0 Å². The first-order valence-electron chi connectivity index (χ1n) is 9.88. The Labute approximate surface area is 157 Å². The van der Waals surface area contributed by atoms with Crippen LogP contribution in [0.4, 0.5) is 0 Å². The molecule has 3 heterocycles. The maximum Gasteiger partial charge on any atom is 0.306 e. The Hall–Kier alpha value is -0.990. The van der Waals surface area contributed by atoms with E-state index in [1.807, 2.05) is 20.8 Å². The first-order chi connectivity index (χ1) is 12.6. The second-order valence-electron chi connectivity index (χ2n) is 10.0. The van der Waals surface area contributed by atoms with Crippen molar-refractivity contribution in [3.63, 3.8) is 0 Å². The topological polar surface area (TPSA) is 109 Å². The minimum atomic E-state index is -1.56. The quantitative estimate of drug-likeness (QED) is 0.312. The fourth-order valence-electron chi connectivity index (χ4n) is 8.07. The molecule has 148 valence electrons. The van der Waals surface area contributed by atoms with Crippen molar-refractivity contribution in [2.45, 2.75) is 69.4 Å². The molecule has 0 aromatic carbocycles. The minimum Gasteiger partial charge on any atom is -0.462 e. The number of hydrogen-bond donors (Lipinski definition) is 3. The van der Waals surface area contributed by atoms with Gasteiger partial charge in [-0.3, -0.25) is 4.79 Å². The first-order valence-corrected chi connectivity index (χ1v) is 9.88. The third kappa shape index (κ3) is 1.53. The van der Waals surface area contributed by atoms with E-state index in [4.69, 9.17) is 14.2 Å². The number of carbonyl (C=O) groups is 1. The highest BCUT2D eigenvalue weighted by Gasteiger charge is 2.89. The van der Waals surface area contributed by atoms with Gasteiger partial charge >= 0.3 is 5.97 Å². The minimum absolute atomic E-state index is 0.123. The smallest absolute Gasteiger partial charge is 0.306 e. The van der Waals surface area contributed by atoms with Crippen molar-refractivity contribution in [3.8, 4) is 0 Å². The summed E-state index contributed by atoms with van der Waals surface area (Å²) in [5.74, 6) is -2.54. The van der Waals surface area contributed by atoms with E-state index in [0.717, 1.165) is 5.57 Å². The van der Waals surface area contributed by atoms with Gasteiger partial charge in [-0.05, 0) is 26.2 Å². The predicted molar refractivity (Wildman–Crippen MR) is 90.1 cm³/mol. The summed E-state index contributed by atoms with van der Waals surface area (Å²) < 4.78 is 17.9. The predicted octanol–water partition coefficient (Wildman–Crippen LogP) is 0.118. The highest BCUT2D eigenvalue weighted by molar-refractivity contribution is 5.72. The highest BCUT2D eigenvalue weighted by atomic mass is 16.7. The van der Waals surface area contributed by atoms with E-state index < -0.39 is 52.6 Å². The van der Waals surface area contributed by atoms with Crippen molar-refractivity contribution < 1.29 is 34.3 Å². The third-order valence-electron chi connectivity index (χ3n) is 9.07. The van der Waals surface area contributed by atoms with Crippen LogP contribution < -0.4 is 0 Å². The number of allylic oxidation sites excluding steroid dienone is 1.